The number of hydrogen-bond donors (Lipinski definition) is 1. The van der Waals surface area contributed by atoms with Crippen LogP contribution in [-0.4, -0.2) is 29.2 Å². The van der Waals surface area contributed by atoms with E-state index in [-0.39, 0.29) is 35.9 Å². The van der Waals surface area contributed by atoms with Crippen molar-refractivity contribution in [3.05, 3.63) is 41.7 Å². The van der Waals surface area contributed by atoms with Crippen molar-refractivity contribution >= 4 is 23.4 Å². The molecule has 1 aliphatic carbocycles. The van der Waals surface area contributed by atoms with Gasteiger partial charge in [-0.25, -0.2) is 4.39 Å². The topological polar surface area (TPSA) is 66.5 Å². The number of benzene rings is 1. The minimum absolute atomic E-state index is 0.0492. The molecule has 6 heteroatoms. The van der Waals surface area contributed by atoms with E-state index < -0.39 is 11.7 Å². The van der Waals surface area contributed by atoms with Gasteiger partial charge < -0.3 is 5.32 Å². The molecule has 5 nitrogen and oxygen atoms in total. The first-order valence-electron chi connectivity index (χ1n) is 7.53. The van der Waals surface area contributed by atoms with Gasteiger partial charge >= 0.3 is 0 Å². The summed E-state index contributed by atoms with van der Waals surface area (Å²) in [5, 5.41) is 2.42. The largest absolute Gasteiger partial charge is 0.322 e. The van der Waals surface area contributed by atoms with Crippen molar-refractivity contribution in [2.45, 2.75) is 19.8 Å². The maximum absolute atomic E-state index is 13.7. The zero-order chi connectivity index (χ0) is 16.6. The van der Waals surface area contributed by atoms with E-state index >= 15 is 0 Å². The van der Waals surface area contributed by atoms with Crippen LogP contribution in [0.5, 0.6) is 0 Å². The predicted octanol–water partition coefficient (Wildman–Crippen LogP) is 2.02. The summed E-state index contributed by atoms with van der Waals surface area (Å²) in [6.45, 7) is 1.40. The summed E-state index contributed by atoms with van der Waals surface area (Å²) in [4.78, 5) is 37.6. The van der Waals surface area contributed by atoms with Gasteiger partial charge in [-0.15, -0.1) is 0 Å². The zero-order valence-electron chi connectivity index (χ0n) is 12.7. The molecule has 0 bridgehead atoms. The normalized spacial score (nSPS) is 23.1. The lowest BCUT2D eigenvalue weighted by atomic mass is 9.85. The molecule has 1 fully saturated rings. The van der Waals surface area contributed by atoms with Crippen molar-refractivity contribution < 1.29 is 18.8 Å². The lowest BCUT2D eigenvalue weighted by molar-refractivity contribution is -0.142. The number of hydrogen-bond acceptors (Lipinski definition) is 3. The summed E-state index contributed by atoms with van der Waals surface area (Å²) in [6.07, 6.45) is 4.83. The highest BCUT2D eigenvalue weighted by Gasteiger charge is 2.47. The third-order valence-corrected chi connectivity index (χ3v) is 4.30. The minimum Gasteiger partial charge on any atom is -0.322 e. The molecule has 1 aromatic rings. The molecule has 0 saturated carbocycles. The number of likely N-dealkylation sites (tertiary alicyclic amines) is 1. The number of imide groups is 1. The van der Waals surface area contributed by atoms with Gasteiger partial charge in [-0.05, 0) is 37.5 Å². The molecule has 2 aliphatic rings. The number of nitrogens with one attached hydrogen (secondary N) is 1. The fourth-order valence-corrected chi connectivity index (χ4v) is 3.09. The SMILES string of the molecule is Cc1ccc(F)c(NC(=O)CN2C(=O)C3CC=CCC3C2=O)c1. The summed E-state index contributed by atoms with van der Waals surface area (Å²) in [7, 11) is 0. The molecule has 0 spiro atoms. The van der Waals surface area contributed by atoms with Crippen LogP contribution in [0, 0.1) is 24.6 Å². The van der Waals surface area contributed by atoms with Crippen LogP contribution in [0.4, 0.5) is 10.1 Å². The van der Waals surface area contributed by atoms with E-state index in [2.05, 4.69) is 5.32 Å². The van der Waals surface area contributed by atoms with Gasteiger partial charge in [0.05, 0.1) is 17.5 Å². The van der Waals surface area contributed by atoms with Crippen molar-refractivity contribution in [1.82, 2.24) is 4.90 Å². The molecule has 1 aromatic carbocycles. The lowest BCUT2D eigenvalue weighted by Crippen LogP contribution is -2.38. The number of rotatable bonds is 3. The summed E-state index contributed by atoms with van der Waals surface area (Å²) >= 11 is 0. The lowest BCUT2D eigenvalue weighted by Gasteiger charge is -2.15. The van der Waals surface area contributed by atoms with Gasteiger partial charge in [0.1, 0.15) is 12.4 Å². The van der Waals surface area contributed by atoms with Crippen molar-refractivity contribution in [1.29, 1.82) is 0 Å². The second-order valence-corrected chi connectivity index (χ2v) is 5.95. The Labute approximate surface area is 133 Å². The second kappa shape index (κ2) is 5.95. The molecule has 120 valence electrons. The molecular weight excluding hydrogens is 299 g/mol. The van der Waals surface area contributed by atoms with Crippen LogP contribution in [-0.2, 0) is 14.4 Å². The van der Waals surface area contributed by atoms with Crippen LogP contribution in [0.15, 0.2) is 30.4 Å². The predicted molar refractivity (Wildman–Crippen MR) is 81.8 cm³/mol. The molecule has 3 amide bonds. The van der Waals surface area contributed by atoms with Crippen LogP contribution in [0.25, 0.3) is 0 Å². The molecule has 0 radical (unpaired) electrons. The van der Waals surface area contributed by atoms with Gasteiger partial charge in [0, 0.05) is 0 Å². The Morgan fingerprint density at radius 3 is 2.43 bits per heavy atom. The smallest absolute Gasteiger partial charge is 0.244 e. The van der Waals surface area contributed by atoms with E-state index in [4.69, 9.17) is 0 Å². The number of aryl methyl sites for hydroxylation is 1. The summed E-state index contributed by atoms with van der Waals surface area (Å²) in [5.41, 5.74) is 0.847. The highest BCUT2D eigenvalue weighted by molar-refractivity contribution is 6.08. The van der Waals surface area contributed by atoms with Crippen molar-refractivity contribution in [2.75, 3.05) is 11.9 Å². The fraction of sp³-hybridized carbons (Fsp3) is 0.353. The van der Waals surface area contributed by atoms with Gasteiger partial charge in [0.15, 0.2) is 0 Å². The Bertz CT molecular complexity index is 688. The van der Waals surface area contributed by atoms with Crippen molar-refractivity contribution in [3.63, 3.8) is 0 Å². The second-order valence-electron chi connectivity index (χ2n) is 5.95. The Balaban J connectivity index is 1.70. The fourth-order valence-electron chi connectivity index (χ4n) is 3.09. The molecule has 1 saturated heterocycles. The van der Waals surface area contributed by atoms with Crippen molar-refractivity contribution in [2.24, 2.45) is 11.8 Å². The molecule has 1 aliphatic heterocycles. The molecular formula is C17H17FN2O3. The maximum atomic E-state index is 13.7. The summed E-state index contributed by atoms with van der Waals surface area (Å²) in [5.74, 6) is -2.50. The molecule has 0 aromatic heterocycles. The van der Waals surface area contributed by atoms with E-state index in [1.54, 1.807) is 13.0 Å². The number of allylic oxidation sites excluding steroid dienone is 2. The van der Waals surface area contributed by atoms with Crippen LogP contribution in [0.2, 0.25) is 0 Å². The van der Waals surface area contributed by atoms with Gasteiger partial charge in [-0.3, -0.25) is 19.3 Å². The van der Waals surface area contributed by atoms with Gasteiger partial charge in [-0.1, -0.05) is 18.2 Å². The van der Waals surface area contributed by atoms with Crippen LogP contribution >= 0.6 is 0 Å². The number of carbonyl (C=O) groups excluding carboxylic acids is 3. The summed E-state index contributed by atoms with van der Waals surface area (Å²) in [6, 6.07) is 4.36. The van der Waals surface area contributed by atoms with E-state index in [0.717, 1.165) is 10.5 Å². The third-order valence-electron chi connectivity index (χ3n) is 4.30. The van der Waals surface area contributed by atoms with Crippen LogP contribution in [0.3, 0.4) is 0 Å². The monoisotopic (exact) mass is 316 g/mol. The number of halogens is 1. The average Bonchev–Trinajstić information content (AvgIpc) is 2.76. The quantitative estimate of drug-likeness (QED) is 0.685. The Kier molecular flexibility index (Phi) is 3.98. The molecule has 2 atom stereocenters. The zero-order valence-corrected chi connectivity index (χ0v) is 12.7. The number of anilines is 1. The average molecular weight is 316 g/mol. The molecule has 1 heterocycles. The summed E-state index contributed by atoms with van der Waals surface area (Å²) < 4.78 is 13.7. The minimum atomic E-state index is -0.581. The maximum Gasteiger partial charge on any atom is 0.244 e. The van der Waals surface area contributed by atoms with E-state index in [1.165, 1.54) is 12.1 Å². The highest BCUT2D eigenvalue weighted by atomic mass is 19.1. The van der Waals surface area contributed by atoms with E-state index in [0.29, 0.717) is 12.8 Å². The Hall–Kier alpha value is -2.50. The molecule has 23 heavy (non-hydrogen) atoms. The Morgan fingerprint density at radius 1 is 1.22 bits per heavy atom. The molecule has 1 N–H and O–H groups in total. The Morgan fingerprint density at radius 2 is 1.83 bits per heavy atom. The highest BCUT2D eigenvalue weighted by Crippen LogP contribution is 2.34. The van der Waals surface area contributed by atoms with Gasteiger partial charge in [0.2, 0.25) is 17.7 Å². The van der Waals surface area contributed by atoms with E-state index in [9.17, 15) is 18.8 Å². The number of nitrogens with zero attached hydrogens (tertiary/aromatic N) is 1. The van der Waals surface area contributed by atoms with Crippen LogP contribution < -0.4 is 5.32 Å². The van der Waals surface area contributed by atoms with Gasteiger partial charge in [-0.2, -0.15) is 0 Å². The van der Waals surface area contributed by atoms with Crippen LogP contribution in [0.1, 0.15) is 18.4 Å². The number of carbonyl (C=O) groups is 3. The first-order chi connectivity index (χ1) is 11.0. The van der Waals surface area contributed by atoms with E-state index in [1.807, 2.05) is 12.2 Å². The standard InChI is InChI=1S/C17H17FN2O3/c1-10-6-7-13(18)14(8-10)19-15(21)9-20-16(22)11-4-2-3-5-12(11)17(20)23/h2-3,6-8,11-12H,4-5,9H2,1H3,(H,19,21). The molecule has 2 unspecified atom stereocenters. The molecule has 3 rings (SSSR count). The van der Waals surface area contributed by atoms with Crippen molar-refractivity contribution in [3.8, 4) is 0 Å². The first-order valence-corrected chi connectivity index (χ1v) is 7.53. The third kappa shape index (κ3) is 2.88. The van der Waals surface area contributed by atoms with Gasteiger partial charge in [0.25, 0.3) is 0 Å². The number of amides is 3. The number of fused-ring (bicyclic) bond motifs is 1. The first kappa shape index (κ1) is 15.4.